The van der Waals surface area contributed by atoms with Gasteiger partial charge in [0, 0.05) is 11.9 Å². The zero-order valence-electron chi connectivity index (χ0n) is 11.6. The minimum absolute atomic E-state index is 0.911. The van der Waals surface area contributed by atoms with E-state index in [9.17, 15) is 0 Å². The Balaban J connectivity index is 2.24. The van der Waals surface area contributed by atoms with Gasteiger partial charge in [-0.3, -0.25) is 0 Å². The van der Waals surface area contributed by atoms with Crippen LogP contribution < -0.4 is 10.1 Å². The number of hydrogen-bond donors (Lipinski definition) is 1. The van der Waals surface area contributed by atoms with E-state index in [-0.39, 0.29) is 0 Å². The highest BCUT2D eigenvalue weighted by atomic mass is 16.5. The van der Waals surface area contributed by atoms with Crippen molar-refractivity contribution in [2.24, 2.45) is 0 Å². The summed E-state index contributed by atoms with van der Waals surface area (Å²) in [7, 11) is 1.71. The maximum Gasteiger partial charge on any atom is 0.126 e. The Morgan fingerprint density at radius 1 is 1.11 bits per heavy atom. The number of fused-ring (bicyclic) bond motifs is 1. The van der Waals surface area contributed by atoms with Gasteiger partial charge in [0.1, 0.15) is 5.75 Å². The second-order valence-corrected chi connectivity index (χ2v) is 4.51. The molecule has 19 heavy (non-hydrogen) atoms. The molecule has 0 atom stereocenters. The van der Waals surface area contributed by atoms with E-state index in [1.807, 2.05) is 12.1 Å². The quantitative estimate of drug-likeness (QED) is 0.791. The molecular weight excluding hydrogens is 234 g/mol. The van der Waals surface area contributed by atoms with Gasteiger partial charge in [0.25, 0.3) is 0 Å². The van der Waals surface area contributed by atoms with E-state index in [0.29, 0.717) is 0 Å². The molecule has 2 heteroatoms. The van der Waals surface area contributed by atoms with Crippen molar-refractivity contribution >= 4 is 16.8 Å². The van der Waals surface area contributed by atoms with Crippen molar-refractivity contribution < 1.29 is 4.74 Å². The van der Waals surface area contributed by atoms with Crippen molar-refractivity contribution in [3.63, 3.8) is 0 Å². The topological polar surface area (TPSA) is 21.3 Å². The van der Waals surface area contributed by atoms with E-state index in [1.54, 1.807) is 7.11 Å². The van der Waals surface area contributed by atoms with Crippen LogP contribution in [0.2, 0.25) is 0 Å². The van der Waals surface area contributed by atoms with Crippen molar-refractivity contribution in [1.82, 2.24) is 5.32 Å². The molecule has 0 unspecified atom stereocenters. The van der Waals surface area contributed by atoms with Gasteiger partial charge in [0.2, 0.25) is 0 Å². The molecule has 0 amide bonds. The first kappa shape index (κ1) is 13.6. The molecule has 100 valence electrons. The molecule has 0 radical (unpaired) electrons. The molecule has 0 aliphatic rings. The Labute approximate surface area is 115 Å². The first-order chi connectivity index (χ1) is 9.36. The Morgan fingerprint density at radius 2 is 1.89 bits per heavy atom. The molecule has 2 nitrogen and oxygen atoms in total. The standard InChI is InChI=1S/C17H21NO/c1-3-12-18-13-6-7-14-10-11-17(19-2)16-9-5-4-8-15(14)16/h4-11,18H,3,12-13H2,1-2H3. The second-order valence-electron chi connectivity index (χ2n) is 4.51. The lowest BCUT2D eigenvalue weighted by Gasteiger charge is -2.08. The number of methoxy groups -OCH3 is 1. The first-order valence-electron chi connectivity index (χ1n) is 6.79. The van der Waals surface area contributed by atoms with Crippen LogP contribution in [0.15, 0.2) is 42.5 Å². The number of hydrogen-bond acceptors (Lipinski definition) is 2. The third kappa shape index (κ3) is 3.36. The van der Waals surface area contributed by atoms with Crippen molar-refractivity contribution in [3.05, 3.63) is 48.0 Å². The van der Waals surface area contributed by atoms with Crippen LogP contribution in [0.1, 0.15) is 18.9 Å². The Kier molecular flexibility index (Phi) is 4.99. The maximum atomic E-state index is 5.40. The summed E-state index contributed by atoms with van der Waals surface area (Å²) in [6, 6.07) is 12.5. The fraction of sp³-hybridized carbons (Fsp3) is 0.294. The van der Waals surface area contributed by atoms with Gasteiger partial charge in [-0.1, -0.05) is 49.4 Å². The molecule has 0 heterocycles. The lowest BCUT2D eigenvalue weighted by Crippen LogP contribution is -2.13. The third-order valence-corrected chi connectivity index (χ3v) is 3.12. The van der Waals surface area contributed by atoms with E-state index in [4.69, 9.17) is 4.74 Å². The van der Waals surface area contributed by atoms with Gasteiger partial charge in [-0.2, -0.15) is 0 Å². The molecule has 0 saturated heterocycles. The van der Waals surface area contributed by atoms with Crippen LogP contribution in [0.5, 0.6) is 5.75 Å². The second kappa shape index (κ2) is 6.95. The molecule has 0 spiro atoms. The van der Waals surface area contributed by atoms with Crippen LogP contribution in [0, 0.1) is 0 Å². The highest BCUT2D eigenvalue weighted by Crippen LogP contribution is 2.28. The summed E-state index contributed by atoms with van der Waals surface area (Å²) >= 11 is 0. The van der Waals surface area contributed by atoms with E-state index < -0.39 is 0 Å². The summed E-state index contributed by atoms with van der Waals surface area (Å²) in [6.07, 6.45) is 5.51. The van der Waals surface area contributed by atoms with E-state index in [0.717, 1.165) is 24.2 Å². The van der Waals surface area contributed by atoms with Gasteiger partial charge in [-0.15, -0.1) is 0 Å². The van der Waals surface area contributed by atoms with Crippen LogP contribution >= 0.6 is 0 Å². The van der Waals surface area contributed by atoms with E-state index in [1.165, 1.54) is 17.4 Å². The van der Waals surface area contributed by atoms with Crippen LogP contribution in [0.4, 0.5) is 0 Å². The van der Waals surface area contributed by atoms with Crippen molar-refractivity contribution in [1.29, 1.82) is 0 Å². The van der Waals surface area contributed by atoms with Gasteiger partial charge >= 0.3 is 0 Å². The summed E-state index contributed by atoms with van der Waals surface area (Å²) in [5.41, 5.74) is 1.23. The van der Waals surface area contributed by atoms with Crippen LogP contribution in [-0.2, 0) is 0 Å². The molecule has 0 aliphatic carbocycles. The third-order valence-electron chi connectivity index (χ3n) is 3.12. The molecule has 0 fully saturated rings. The molecule has 2 aromatic carbocycles. The number of rotatable bonds is 6. The predicted octanol–water partition coefficient (Wildman–Crippen LogP) is 3.86. The fourth-order valence-electron chi connectivity index (χ4n) is 2.17. The van der Waals surface area contributed by atoms with Gasteiger partial charge < -0.3 is 10.1 Å². The Bertz CT molecular complexity index is 560. The zero-order valence-corrected chi connectivity index (χ0v) is 11.6. The smallest absolute Gasteiger partial charge is 0.126 e. The lowest BCUT2D eigenvalue weighted by molar-refractivity contribution is 0.420. The molecule has 2 rings (SSSR count). The fourth-order valence-corrected chi connectivity index (χ4v) is 2.17. The van der Waals surface area contributed by atoms with Gasteiger partial charge in [-0.25, -0.2) is 0 Å². The number of ether oxygens (including phenoxy) is 1. The van der Waals surface area contributed by atoms with Crippen molar-refractivity contribution in [2.45, 2.75) is 13.3 Å². The summed E-state index contributed by atoms with van der Waals surface area (Å²) in [5.74, 6) is 0.928. The summed E-state index contributed by atoms with van der Waals surface area (Å²) in [4.78, 5) is 0. The van der Waals surface area contributed by atoms with Gasteiger partial charge in [0.05, 0.1) is 7.11 Å². The molecule has 1 N–H and O–H groups in total. The summed E-state index contributed by atoms with van der Waals surface area (Å²) in [5, 5.41) is 5.76. The average molecular weight is 255 g/mol. The SMILES string of the molecule is CCCNCC=Cc1ccc(OC)c2ccccc12. The lowest BCUT2D eigenvalue weighted by atomic mass is 10.0. The van der Waals surface area contributed by atoms with E-state index >= 15 is 0 Å². The molecule has 0 aliphatic heterocycles. The van der Waals surface area contributed by atoms with Gasteiger partial charge in [-0.05, 0) is 30.0 Å². The first-order valence-corrected chi connectivity index (χ1v) is 6.79. The Hall–Kier alpha value is -1.80. The van der Waals surface area contributed by atoms with Gasteiger partial charge in [0.15, 0.2) is 0 Å². The summed E-state index contributed by atoms with van der Waals surface area (Å²) < 4.78 is 5.40. The molecular formula is C17H21NO. The average Bonchev–Trinajstić information content (AvgIpc) is 2.47. The minimum Gasteiger partial charge on any atom is -0.496 e. The van der Waals surface area contributed by atoms with E-state index in [2.05, 4.69) is 48.7 Å². The minimum atomic E-state index is 0.911. The molecule has 0 saturated carbocycles. The highest BCUT2D eigenvalue weighted by molar-refractivity contribution is 5.94. The number of benzene rings is 2. The monoisotopic (exact) mass is 255 g/mol. The molecule has 0 aromatic heterocycles. The van der Waals surface area contributed by atoms with Crippen molar-refractivity contribution in [3.8, 4) is 5.75 Å². The van der Waals surface area contributed by atoms with Crippen LogP contribution in [0.3, 0.4) is 0 Å². The molecule has 0 bridgehead atoms. The van der Waals surface area contributed by atoms with Crippen LogP contribution in [-0.4, -0.2) is 20.2 Å². The highest BCUT2D eigenvalue weighted by Gasteiger charge is 2.03. The van der Waals surface area contributed by atoms with Crippen molar-refractivity contribution in [2.75, 3.05) is 20.2 Å². The zero-order chi connectivity index (χ0) is 13.5. The van der Waals surface area contributed by atoms with Crippen LogP contribution in [0.25, 0.3) is 16.8 Å². The maximum absolute atomic E-state index is 5.40. The summed E-state index contributed by atoms with van der Waals surface area (Å²) in [6.45, 7) is 4.15. The normalized spacial score (nSPS) is 11.3. The largest absolute Gasteiger partial charge is 0.496 e. The number of nitrogens with one attached hydrogen (secondary N) is 1. The predicted molar refractivity (Wildman–Crippen MR) is 82.7 cm³/mol. The molecule has 2 aromatic rings. The Morgan fingerprint density at radius 3 is 2.63 bits per heavy atom.